The van der Waals surface area contributed by atoms with E-state index in [1.54, 1.807) is 26.4 Å². The van der Waals surface area contributed by atoms with Gasteiger partial charge in [0, 0.05) is 6.42 Å². The third-order valence-corrected chi connectivity index (χ3v) is 4.54. The molecule has 122 valence electrons. The average Bonchev–Trinajstić information content (AvgIpc) is 2.96. The lowest BCUT2D eigenvalue weighted by Gasteiger charge is -2.09. The molecule has 0 aliphatic carbocycles. The van der Waals surface area contributed by atoms with Gasteiger partial charge < -0.3 is 19.5 Å². The maximum Gasteiger partial charge on any atom is 0.230 e. The third-order valence-electron chi connectivity index (χ3n) is 3.55. The highest BCUT2D eigenvalue weighted by Gasteiger charge is 2.17. The summed E-state index contributed by atoms with van der Waals surface area (Å²) in [4.78, 5) is 17.8. The number of carbonyl (C=O) groups excluding carboxylic acids is 1. The summed E-state index contributed by atoms with van der Waals surface area (Å²) >= 11 is 1.48. The van der Waals surface area contributed by atoms with E-state index in [0.717, 1.165) is 22.6 Å². The fourth-order valence-corrected chi connectivity index (χ4v) is 3.38. The Hall–Kier alpha value is -2.12. The first-order valence-corrected chi connectivity index (χ1v) is 8.08. The molecule has 6 nitrogen and oxygen atoms in total. The lowest BCUT2D eigenvalue weighted by Crippen LogP contribution is -2.14. The number of amides is 1. The molecule has 0 radical (unpaired) electrons. The molecule has 0 fully saturated rings. The summed E-state index contributed by atoms with van der Waals surface area (Å²) in [5.41, 5.74) is 1.88. The van der Waals surface area contributed by atoms with Gasteiger partial charge in [0.1, 0.15) is 0 Å². The van der Waals surface area contributed by atoms with Gasteiger partial charge in [-0.3, -0.25) is 4.79 Å². The zero-order chi connectivity index (χ0) is 16.2. The predicted molar refractivity (Wildman–Crippen MR) is 87.4 cm³/mol. The Morgan fingerprint density at radius 1 is 1.35 bits per heavy atom. The number of hydrogen-bond acceptors (Lipinski definition) is 6. The number of nitrogens with zero attached hydrogens (tertiary/aromatic N) is 1. The highest BCUT2D eigenvalue weighted by atomic mass is 32.1. The second kappa shape index (κ2) is 6.97. The first-order valence-electron chi connectivity index (χ1n) is 7.26. The molecule has 0 unspecified atom stereocenters. The maximum absolute atomic E-state index is 12.2. The summed E-state index contributed by atoms with van der Waals surface area (Å²) in [5, 5.41) is 3.49. The minimum atomic E-state index is -0.107. The first kappa shape index (κ1) is 15.8. The Morgan fingerprint density at radius 3 is 2.91 bits per heavy atom. The minimum absolute atomic E-state index is 0.107. The molecule has 0 atom stereocenters. The fourth-order valence-electron chi connectivity index (χ4n) is 2.42. The fraction of sp³-hybridized carbons (Fsp3) is 0.375. The number of benzene rings is 1. The van der Waals surface area contributed by atoms with Crippen molar-refractivity contribution in [3.05, 3.63) is 34.3 Å². The van der Waals surface area contributed by atoms with Crippen molar-refractivity contribution in [3.8, 4) is 11.5 Å². The Morgan fingerprint density at radius 2 is 2.17 bits per heavy atom. The van der Waals surface area contributed by atoms with Gasteiger partial charge in [-0.2, -0.15) is 0 Å². The van der Waals surface area contributed by atoms with Crippen LogP contribution >= 0.6 is 11.3 Å². The van der Waals surface area contributed by atoms with Crippen molar-refractivity contribution in [1.82, 2.24) is 4.98 Å². The van der Waals surface area contributed by atoms with Crippen molar-refractivity contribution in [2.45, 2.75) is 19.4 Å². The molecule has 1 aliphatic rings. The number of fused-ring (bicyclic) bond motifs is 1. The number of carbonyl (C=O) groups is 1. The van der Waals surface area contributed by atoms with Crippen LogP contribution in [0.25, 0.3) is 0 Å². The van der Waals surface area contributed by atoms with Gasteiger partial charge in [0.05, 0.1) is 44.4 Å². The number of methoxy groups -OCH3 is 2. The van der Waals surface area contributed by atoms with Crippen LogP contribution in [-0.2, 0) is 29.0 Å². The van der Waals surface area contributed by atoms with Crippen molar-refractivity contribution < 1.29 is 19.0 Å². The molecule has 1 aliphatic heterocycles. The molecule has 23 heavy (non-hydrogen) atoms. The largest absolute Gasteiger partial charge is 0.493 e. The second-order valence-electron chi connectivity index (χ2n) is 5.11. The molecule has 0 saturated carbocycles. The van der Waals surface area contributed by atoms with Crippen molar-refractivity contribution in [2.24, 2.45) is 0 Å². The van der Waals surface area contributed by atoms with E-state index in [1.165, 1.54) is 11.3 Å². The molecule has 2 heterocycles. The lowest BCUT2D eigenvalue weighted by atomic mass is 10.1. The number of anilines is 1. The molecule has 0 bridgehead atoms. The van der Waals surface area contributed by atoms with E-state index in [9.17, 15) is 4.79 Å². The lowest BCUT2D eigenvalue weighted by molar-refractivity contribution is -0.115. The topological polar surface area (TPSA) is 69.7 Å². The summed E-state index contributed by atoms with van der Waals surface area (Å²) in [6.07, 6.45) is 1.05. The van der Waals surface area contributed by atoms with E-state index >= 15 is 0 Å². The van der Waals surface area contributed by atoms with E-state index in [-0.39, 0.29) is 12.3 Å². The van der Waals surface area contributed by atoms with Crippen LogP contribution in [0.3, 0.4) is 0 Å². The van der Waals surface area contributed by atoms with Gasteiger partial charge in [-0.15, -0.1) is 0 Å². The van der Waals surface area contributed by atoms with Gasteiger partial charge in [-0.1, -0.05) is 17.4 Å². The second-order valence-corrected chi connectivity index (χ2v) is 6.19. The molecular weight excluding hydrogens is 316 g/mol. The number of aromatic nitrogens is 1. The van der Waals surface area contributed by atoms with Crippen molar-refractivity contribution in [2.75, 3.05) is 26.1 Å². The van der Waals surface area contributed by atoms with Crippen LogP contribution in [-0.4, -0.2) is 31.7 Å². The van der Waals surface area contributed by atoms with Crippen LogP contribution in [0.4, 0.5) is 5.13 Å². The van der Waals surface area contributed by atoms with Crippen molar-refractivity contribution in [3.63, 3.8) is 0 Å². The van der Waals surface area contributed by atoms with Crippen molar-refractivity contribution in [1.29, 1.82) is 0 Å². The summed E-state index contributed by atoms with van der Waals surface area (Å²) in [7, 11) is 3.15. The van der Waals surface area contributed by atoms with E-state index in [0.29, 0.717) is 29.8 Å². The summed E-state index contributed by atoms with van der Waals surface area (Å²) in [5.74, 6) is 1.15. The molecule has 1 aromatic heterocycles. The average molecular weight is 334 g/mol. The standard InChI is InChI=1S/C16H18N2O4S/c1-20-12-4-3-10(7-13(12)21-2)8-15(19)18-16-17-11-5-6-22-9-14(11)23-16/h3-4,7H,5-6,8-9H2,1-2H3,(H,17,18,19). The van der Waals surface area contributed by atoms with Crippen LogP contribution in [0.1, 0.15) is 16.1 Å². The van der Waals surface area contributed by atoms with Gasteiger partial charge in [-0.25, -0.2) is 4.98 Å². The quantitative estimate of drug-likeness (QED) is 0.909. The maximum atomic E-state index is 12.2. The zero-order valence-corrected chi connectivity index (χ0v) is 13.9. The van der Waals surface area contributed by atoms with E-state index in [4.69, 9.17) is 14.2 Å². The van der Waals surface area contributed by atoms with Gasteiger partial charge in [0.25, 0.3) is 0 Å². The predicted octanol–water partition coefficient (Wildman–Crippen LogP) is 2.41. The van der Waals surface area contributed by atoms with Crippen LogP contribution < -0.4 is 14.8 Å². The van der Waals surface area contributed by atoms with Gasteiger partial charge >= 0.3 is 0 Å². The van der Waals surface area contributed by atoms with E-state index < -0.39 is 0 Å². The number of hydrogen-bond donors (Lipinski definition) is 1. The number of thiazole rings is 1. The Bertz CT molecular complexity index is 691. The Labute approximate surface area is 138 Å². The number of nitrogens with one attached hydrogen (secondary N) is 1. The Balaban J connectivity index is 1.66. The van der Waals surface area contributed by atoms with Crippen LogP contribution in [0.15, 0.2) is 18.2 Å². The normalized spacial score (nSPS) is 13.3. The van der Waals surface area contributed by atoms with Crippen molar-refractivity contribution >= 4 is 22.4 Å². The summed E-state index contributed by atoms with van der Waals surface area (Å²) in [6, 6.07) is 5.45. The Kier molecular flexibility index (Phi) is 4.78. The highest BCUT2D eigenvalue weighted by Crippen LogP contribution is 2.29. The smallest absolute Gasteiger partial charge is 0.230 e. The molecule has 3 rings (SSSR count). The van der Waals surface area contributed by atoms with Gasteiger partial charge in [0.2, 0.25) is 5.91 Å². The van der Waals surface area contributed by atoms with E-state index in [2.05, 4.69) is 10.3 Å². The monoisotopic (exact) mass is 334 g/mol. The van der Waals surface area contributed by atoms with Crippen LogP contribution in [0.5, 0.6) is 11.5 Å². The zero-order valence-electron chi connectivity index (χ0n) is 13.0. The highest BCUT2D eigenvalue weighted by molar-refractivity contribution is 7.15. The molecule has 0 spiro atoms. The van der Waals surface area contributed by atoms with Crippen LogP contribution in [0, 0.1) is 0 Å². The molecule has 1 N–H and O–H groups in total. The molecular formula is C16H18N2O4S. The van der Waals surface area contributed by atoms with E-state index in [1.807, 2.05) is 6.07 Å². The molecule has 7 heteroatoms. The third kappa shape index (κ3) is 3.62. The minimum Gasteiger partial charge on any atom is -0.493 e. The number of rotatable bonds is 5. The molecule has 0 saturated heterocycles. The van der Waals surface area contributed by atoms with Gasteiger partial charge in [0.15, 0.2) is 16.6 Å². The summed E-state index contributed by atoms with van der Waals surface area (Å²) in [6.45, 7) is 1.27. The van der Waals surface area contributed by atoms with Crippen LogP contribution in [0.2, 0.25) is 0 Å². The van der Waals surface area contributed by atoms with Gasteiger partial charge in [-0.05, 0) is 17.7 Å². The SMILES string of the molecule is COc1ccc(CC(=O)Nc2nc3c(s2)COCC3)cc1OC. The molecule has 1 aromatic carbocycles. The summed E-state index contributed by atoms with van der Waals surface area (Å²) < 4.78 is 15.8. The molecule has 1 amide bonds. The molecule has 2 aromatic rings. The number of ether oxygens (including phenoxy) is 3. The first-order chi connectivity index (χ1) is 11.2.